The lowest BCUT2D eigenvalue weighted by Gasteiger charge is -2.07. The van der Waals surface area contributed by atoms with E-state index >= 15 is 0 Å². The number of halogens is 1. The molecule has 0 fully saturated rings. The summed E-state index contributed by atoms with van der Waals surface area (Å²) in [6, 6.07) is 20.1. The van der Waals surface area contributed by atoms with Crippen molar-refractivity contribution in [1.82, 2.24) is 5.43 Å². The van der Waals surface area contributed by atoms with Gasteiger partial charge in [-0.2, -0.15) is 5.10 Å². The van der Waals surface area contributed by atoms with Crippen LogP contribution in [0.15, 0.2) is 71.8 Å². The fourth-order valence-electron chi connectivity index (χ4n) is 2.22. The van der Waals surface area contributed by atoms with Gasteiger partial charge in [-0.05, 0) is 47.3 Å². The van der Waals surface area contributed by atoms with Gasteiger partial charge < -0.3 is 5.32 Å². The van der Waals surface area contributed by atoms with Gasteiger partial charge >= 0.3 is 0 Å². The zero-order valence-electron chi connectivity index (χ0n) is 12.2. The fourth-order valence-corrected chi connectivity index (χ4v) is 2.39. The molecule has 114 valence electrons. The Balaban J connectivity index is 1.66. The van der Waals surface area contributed by atoms with Gasteiger partial charge in [0.25, 0.3) is 0 Å². The third-order valence-corrected chi connectivity index (χ3v) is 3.49. The van der Waals surface area contributed by atoms with Gasteiger partial charge in [0.05, 0.1) is 6.21 Å². The van der Waals surface area contributed by atoms with Crippen molar-refractivity contribution in [2.24, 2.45) is 5.10 Å². The SMILES string of the molecule is Fc1ccc(NC(=S)N/N=C\c2cccc3ccccc23)cc1. The topological polar surface area (TPSA) is 36.4 Å². The number of anilines is 1. The molecule has 0 aliphatic heterocycles. The number of hydrogen-bond donors (Lipinski definition) is 2. The van der Waals surface area contributed by atoms with Gasteiger partial charge in [0.15, 0.2) is 5.11 Å². The standard InChI is InChI=1S/C18H14FN3S/c19-15-8-10-16(11-9-15)21-18(23)22-20-12-14-6-3-5-13-4-1-2-7-17(13)14/h1-12H,(H2,21,22,23)/b20-12-. The van der Waals surface area contributed by atoms with Crippen molar-refractivity contribution < 1.29 is 4.39 Å². The van der Waals surface area contributed by atoms with E-state index in [9.17, 15) is 4.39 Å². The van der Waals surface area contributed by atoms with Crippen molar-refractivity contribution in [3.05, 3.63) is 78.1 Å². The molecule has 0 amide bonds. The second kappa shape index (κ2) is 6.98. The Labute approximate surface area is 138 Å². The van der Waals surface area contributed by atoms with Crippen LogP contribution in [-0.4, -0.2) is 11.3 Å². The lowest BCUT2D eigenvalue weighted by atomic mass is 10.1. The number of rotatable bonds is 3. The molecule has 0 radical (unpaired) electrons. The Bertz CT molecular complexity index is 854. The summed E-state index contributed by atoms with van der Waals surface area (Å²) in [5, 5.41) is 9.71. The minimum absolute atomic E-state index is 0.289. The highest BCUT2D eigenvalue weighted by Gasteiger charge is 1.98. The molecule has 0 bridgehead atoms. The van der Waals surface area contributed by atoms with E-state index in [1.165, 1.54) is 12.1 Å². The Morgan fingerprint density at radius 3 is 2.52 bits per heavy atom. The van der Waals surface area contributed by atoms with Crippen LogP contribution in [0.4, 0.5) is 10.1 Å². The van der Waals surface area contributed by atoms with E-state index in [1.807, 2.05) is 30.3 Å². The highest BCUT2D eigenvalue weighted by Crippen LogP contribution is 2.16. The van der Waals surface area contributed by atoms with Crippen LogP contribution < -0.4 is 10.7 Å². The molecule has 0 saturated carbocycles. The van der Waals surface area contributed by atoms with Gasteiger partial charge in [-0.25, -0.2) is 4.39 Å². The Kier molecular flexibility index (Phi) is 4.59. The lowest BCUT2D eigenvalue weighted by Crippen LogP contribution is -2.23. The molecule has 2 N–H and O–H groups in total. The largest absolute Gasteiger partial charge is 0.331 e. The summed E-state index contributed by atoms with van der Waals surface area (Å²) in [6.07, 6.45) is 1.72. The molecule has 0 saturated heterocycles. The number of fused-ring (bicyclic) bond motifs is 1. The number of benzene rings is 3. The monoisotopic (exact) mass is 323 g/mol. The van der Waals surface area contributed by atoms with Gasteiger partial charge in [0.2, 0.25) is 0 Å². The maximum absolute atomic E-state index is 12.8. The summed E-state index contributed by atoms with van der Waals surface area (Å²) >= 11 is 5.15. The summed E-state index contributed by atoms with van der Waals surface area (Å²) in [6.45, 7) is 0. The minimum atomic E-state index is -0.289. The van der Waals surface area contributed by atoms with E-state index in [2.05, 4.69) is 28.0 Å². The second-order valence-electron chi connectivity index (χ2n) is 4.90. The highest BCUT2D eigenvalue weighted by atomic mass is 32.1. The number of thiocarbonyl (C=S) groups is 1. The van der Waals surface area contributed by atoms with Crippen LogP contribution in [0.2, 0.25) is 0 Å². The maximum Gasteiger partial charge on any atom is 0.191 e. The molecule has 0 aliphatic carbocycles. The van der Waals surface area contributed by atoms with Crippen LogP contribution in [0.5, 0.6) is 0 Å². The average Bonchev–Trinajstić information content (AvgIpc) is 2.57. The van der Waals surface area contributed by atoms with Crippen LogP contribution >= 0.6 is 12.2 Å². The van der Waals surface area contributed by atoms with Crippen LogP contribution in [0.3, 0.4) is 0 Å². The van der Waals surface area contributed by atoms with E-state index in [1.54, 1.807) is 18.3 Å². The first-order chi connectivity index (χ1) is 11.2. The quantitative estimate of drug-likeness (QED) is 0.429. The van der Waals surface area contributed by atoms with Crippen molar-refractivity contribution in [2.75, 3.05) is 5.32 Å². The molecule has 0 aromatic heterocycles. The molecule has 0 aliphatic rings. The summed E-state index contributed by atoms with van der Waals surface area (Å²) in [5.41, 5.74) is 4.45. The zero-order chi connectivity index (χ0) is 16.1. The molecule has 0 heterocycles. The summed E-state index contributed by atoms with van der Waals surface area (Å²) in [5.74, 6) is -0.289. The minimum Gasteiger partial charge on any atom is -0.331 e. The molecule has 23 heavy (non-hydrogen) atoms. The van der Waals surface area contributed by atoms with Gasteiger partial charge in [-0.15, -0.1) is 0 Å². The maximum atomic E-state index is 12.8. The van der Waals surface area contributed by atoms with Crippen molar-refractivity contribution in [1.29, 1.82) is 0 Å². The van der Waals surface area contributed by atoms with E-state index in [0.29, 0.717) is 10.8 Å². The zero-order valence-corrected chi connectivity index (χ0v) is 13.0. The second-order valence-corrected chi connectivity index (χ2v) is 5.31. The highest BCUT2D eigenvalue weighted by molar-refractivity contribution is 7.80. The van der Waals surface area contributed by atoms with E-state index in [0.717, 1.165) is 16.3 Å². The first kappa shape index (κ1) is 15.1. The predicted octanol–water partition coefficient (Wildman–Crippen LogP) is 4.30. The van der Waals surface area contributed by atoms with E-state index in [4.69, 9.17) is 12.2 Å². The van der Waals surface area contributed by atoms with Gasteiger partial charge in [0.1, 0.15) is 5.82 Å². The lowest BCUT2D eigenvalue weighted by molar-refractivity contribution is 0.628. The van der Waals surface area contributed by atoms with Crippen molar-refractivity contribution in [2.45, 2.75) is 0 Å². The third-order valence-electron chi connectivity index (χ3n) is 3.30. The molecule has 0 unspecified atom stereocenters. The number of hydrazone groups is 1. The Morgan fingerprint density at radius 2 is 1.70 bits per heavy atom. The van der Waals surface area contributed by atoms with Crippen LogP contribution in [-0.2, 0) is 0 Å². The Morgan fingerprint density at radius 1 is 0.957 bits per heavy atom. The van der Waals surface area contributed by atoms with Crippen LogP contribution in [0.1, 0.15) is 5.56 Å². The molecule has 0 spiro atoms. The number of hydrogen-bond acceptors (Lipinski definition) is 2. The number of nitrogens with one attached hydrogen (secondary N) is 2. The van der Waals surface area contributed by atoms with E-state index in [-0.39, 0.29) is 5.82 Å². The molecule has 5 heteroatoms. The summed E-state index contributed by atoms with van der Waals surface area (Å²) < 4.78 is 12.8. The summed E-state index contributed by atoms with van der Waals surface area (Å²) in [7, 11) is 0. The van der Waals surface area contributed by atoms with Crippen LogP contribution in [0.25, 0.3) is 10.8 Å². The average molecular weight is 323 g/mol. The number of nitrogens with zero attached hydrogens (tertiary/aromatic N) is 1. The third kappa shape index (κ3) is 3.90. The molecular formula is C18H14FN3S. The predicted molar refractivity (Wildman–Crippen MR) is 97.3 cm³/mol. The first-order valence-electron chi connectivity index (χ1n) is 7.06. The molecule has 3 rings (SSSR count). The van der Waals surface area contributed by atoms with E-state index < -0.39 is 0 Å². The Hall–Kier alpha value is -2.79. The summed E-state index contributed by atoms with van der Waals surface area (Å²) in [4.78, 5) is 0. The van der Waals surface area contributed by atoms with Crippen molar-refractivity contribution in [3.8, 4) is 0 Å². The normalized spacial score (nSPS) is 10.8. The molecule has 3 aromatic rings. The van der Waals surface area contributed by atoms with Gasteiger partial charge in [0, 0.05) is 11.3 Å². The molecule has 3 aromatic carbocycles. The van der Waals surface area contributed by atoms with Gasteiger partial charge in [-0.1, -0.05) is 42.5 Å². The first-order valence-corrected chi connectivity index (χ1v) is 7.46. The van der Waals surface area contributed by atoms with Crippen molar-refractivity contribution >= 4 is 40.0 Å². The molecule has 3 nitrogen and oxygen atoms in total. The van der Waals surface area contributed by atoms with Crippen molar-refractivity contribution in [3.63, 3.8) is 0 Å². The smallest absolute Gasteiger partial charge is 0.191 e. The van der Waals surface area contributed by atoms with Gasteiger partial charge in [-0.3, -0.25) is 5.43 Å². The van der Waals surface area contributed by atoms with Crippen LogP contribution in [0, 0.1) is 5.82 Å². The fraction of sp³-hybridized carbons (Fsp3) is 0. The molecule has 0 atom stereocenters. The molecular weight excluding hydrogens is 309 g/mol.